The van der Waals surface area contributed by atoms with Crippen LogP contribution in [0.3, 0.4) is 0 Å². The Balaban J connectivity index is 2.24. The lowest BCUT2D eigenvalue weighted by Crippen LogP contribution is -2.45. The van der Waals surface area contributed by atoms with Crippen LogP contribution in [0.4, 0.5) is 0 Å². The Bertz CT molecular complexity index is 848. The van der Waals surface area contributed by atoms with Crippen molar-refractivity contribution in [2.45, 2.75) is 33.7 Å². The Morgan fingerprint density at radius 3 is 2.59 bits per heavy atom. The van der Waals surface area contributed by atoms with Gasteiger partial charge >= 0.3 is 0 Å². The van der Waals surface area contributed by atoms with Crippen molar-refractivity contribution in [2.24, 2.45) is 0 Å². The first kappa shape index (κ1) is 23.3. The summed E-state index contributed by atoms with van der Waals surface area (Å²) in [6, 6.07) is 8.18. The van der Waals surface area contributed by atoms with Gasteiger partial charge in [-0.05, 0) is 60.9 Å². The molecule has 7 heteroatoms. The average molecular weight is 419 g/mol. The summed E-state index contributed by atoms with van der Waals surface area (Å²) in [6.07, 6.45) is 0.966. The van der Waals surface area contributed by atoms with Gasteiger partial charge in [-0.1, -0.05) is 26.8 Å². The maximum atomic E-state index is 12.7. The van der Waals surface area contributed by atoms with Crippen molar-refractivity contribution in [3.63, 3.8) is 0 Å². The first-order chi connectivity index (χ1) is 14.0. The zero-order chi connectivity index (χ0) is 21.2. The van der Waals surface area contributed by atoms with Gasteiger partial charge in [0.1, 0.15) is 0 Å². The third-order valence-electron chi connectivity index (χ3n) is 5.21. The molecule has 0 spiro atoms. The molecule has 1 aromatic carbocycles. The first-order valence-electron chi connectivity index (χ1n) is 10.4. The molecule has 2 N–H and O–H groups in total. The number of thiocarbonyl (C=S) groups is 1. The summed E-state index contributed by atoms with van der Waals surface area (Å²) >= 11 is 5.62. The largest absolute Gasteiger partial charge is 0.383 e. The molecule has 0 saturated carbocycles. The zero-order valence-corrected chi connectivity index (χ0v) is 18.9. The topological polar surface area (TPSA) is 60.6 Å². The lowest BCUT2D eigenvalue weighted by atomic mass is 10.1. The molecule has 0 amide bonds. The Labute approximate surface area is 179 Å². The minimum atomic E-state index is -0.0609. The molecule has 0 radical (unpaired) electrons. The smallest absolute Gasteiger partial charge is 0.253 e. The highest BCUT2D eigenvalue weighted by Crippen LogP contribution is 2.15. The number of pyridine rings is 1. The summed E-state index contributed by atoms with van der Waals surface area (Å²) in [4.78, 5) is 20.1. The quantitative estimate of drug-likeness (QED) is 0.432. The van der Waals surface area contributed by atoms with Crippen LogP contribution in [0.5, 0.6) is 0 Å². The number of hydrogen-bond acceptors (Lipinski definition) is 4. The SMILES string of the molecule is CCc1ccc2[nH]c(=O)c(CN(CCN(CC)CC)C(=S)NCCOC)cc2c1. The second-order valence-electron chi connectivity index (χ2n) is 7.07. The Hall–Kier alpha value is -1.96. The summed E-state index contributed by atoms with van der Waals surface area (Å²) in [7, 11) is 1.67. The maximum absolute atomic E-state index is 12.7. The van der Waals surface area contributed by atoms with E-state index >= 15 is 0 Å². The molecule has 0 saturated heterocycles. The number of ether oxygens (including phenoxy) is 1. The van der Waals surface area contributed by atoms with Crippen molar-refractivity contribution >= 4 is 28.2 Å². The van der Waals surface area contributed by atoms with E-state index in [1.54, 1.807) is 7.11 Å². The van der Waals surface area contributed by atoms with E-state index in [1.807, 2.05) is 12.1 Å². The Morgan fingerprint density at radius 2 is 1.93 bits per heavy atom. The molecule has 0 fully saturated rings. The molecule has 1 aromatic heterocycles. The normalized spacial score (nSPS) is 11.2. The van der Waals surface area contributed by atoms with E-state index in [1.165, 1.54) is 5.56 Å². The fourth-order valence-electron chi connectivity index (χ4n) is 3.27. The number of hydrogen-bond donors (Lipinski definition) is 2. The van der Waals surface area contributed by atoms with Crippen LogP contribution >= 0.6 is 12.2 Å². The number of aromatic nitrogens is 1. The summed E-state index contributed by atoms with van der Waals surface area (Å²) in [6.45, 7) is 11.8. The predicted octanol–water partition coefficient (Wildman–Crippen LogP) is 2.76. The molecule has 0 aliphatic carbocycles. The second kappa shape index (κ2) is 11.9. The number of benzene rings is 1. The van der Waals surface area contributed by atoms with Gasteiger partial charge in [-0.25, -0.2) is 0 Å². The molecule has 2 rings (SSSR count). The molecule has 0 bridgehead atoms. The highest BCUT2D eigenvalue weighted by atomic mass is 32.1. The van der Waals surface area contributed by atoms with Gasteiger partial charge in [0.05, 0.1) is 13.2 Å². The zero-order valence-electron chi connectivity index (χ0n) is 18.1. The molecule has 6 nitrogen and oxygen atoms in total. The van der Waals surface area contributed by atoms with Gasteiger partial charge < -0.3 is 24.8 Å². The van der Waals surface area contributed by atoms with Crippen molar-refractivity contribution < 1.29 is 4.74 Å². The van der Waals surface area contributed by atoms with Gasteiger partial charge in [-0.2, -0.15) is 0 Å². The standard InChI is InChI=1S/C22H34N4O2S/c1-5-17-8-9-20-18(14-17)15-19(21(27)24-20)16-26(12-11-25(6-2)7-3)22(29)23-10-13-28-4/h8-9,14-15H,5-7,10-13,16H2,1-4H3,(H,23,29)(H,24,27). The minimum Gasteiger partial charge on any atom is -0.383 e. The maximum Gasteiger partial charge on any atom is 0.253 e. The third kappa shape index (κ3) is 6.80. The molecule has 0 atom stereocenters. The lowest BCUT2D eigenvalue weighted by Gasteiger charge is -2.28. The fraction of sp³-hybridized carbons (Fsp3) is 0.545. The Kier molecular flexibility index (Phi) is 9.57. The van der Waals surface area contributed by atoms with E-state index in [9.17, 15) is 4.79 Å². The fourth-order valence-corrected chi connectivity index (χ4v) is 3.53. The van der Waals surface area contributed by atoms with Crippen LogP contribution in [0.15, 0.2) is 29.1 Å². The van der Waals surface area contributed by atoms with Gasteiger partial charge in [0.15, 0.2) is 5.11 Å². The molecule has 2 aromatic rings. The molecule has 0 unspecified atom stereocenters. The van der Waals surface area contributed by atoms with Crippen molar-refractivity contribution in [1.82, 2.24) is 20.1 Å². The van der Waals surface area contributed by atoms with Gasteiger partial charge in [0.25, 0.3) is 5.56 Å². The minimum absolute atomic E-state index is 0.0609. The first-order valence-corrected chi connectivity index (χ1v) is 10.8. The molecule has 0 aliphatic heterocycles. The summed E-state index contributed by atoms with van der Waals surface area (Å²) in [5.74, 6) is 0. The van der Waals surface area contributed by atoms with Crippen LogP contribution in [0.25, 0.3) is 10.9 Å². The number of nitrogens with one attached hydrogen (secondary N) is 2. The molecule has 0 aliphatic rings. The second-order valence-corrected chi connectivity index (χ2v) is 7.46. The van der Waals surface area contributed by atoms with Crippen LogP contribution < -0.4 is 10.9 Å². The van der Waals surface area contributed by atoms with Gasteiger partial charge in [0, 0.05) is 37.8 Å². The third-order valence-corrected chi connectivity index (χ3v) is 5.61. The van der Waals surface area contributed by atoms with Crippen LogP contribution in [-0.2, 0) is 17.7 Å². The van der Waals surface area contributed by atoms with Crippen LogP contribution in [0, 0.1) is 0 Å². The van der Waals surface area contributed by atoms with Crippen LogP contribution in [0.1, 0.15) is 31.9 Å². The Morgan fingerprint density at radius 1 is 1.17 bits per heavy atom. The number of H-pyrrole nitrogens is 1. The van der Waals surface area contributed by atoms with E-state index < -0.39 is 0 Å². The average Bonchev–Trinajstić information content (AvgIpc) is 2.73. The van der Waals surface area contributed by atoms with Crippen molar-refractivity contribution in [3.05, 3.63) is 45.7 Å². The van der Waals surface area contributed by atoms with Crippen LogP contribution in [-0.4, -0.2) is 66.3 Å². The van der Waals surface area contributed by atoms with E-state index in [2.05, 4.69) is 53.0 Å². The highest BCUT2D eigenvalue weighted by Gasteiger charge is 2.14. The van der Waals surface area contributed by atoms with Gasteiger partial charge in [-0.15, -0.1) is 0 Å². The van der Waals surface area contributed by atoms with Gasteiger partial charge in [-0.3, -0.25) is 4.79 Å². The van der Waals surface area contributed by atoms with Crippen molar-refractivity contribution in [2.75, 3.05) is 46.4 Å². The van der Waals surface area contributed by atoms with Gasteiger partial charge in [0.2, 0.25) is 0 Å². The van der Waals surface area contributed by atoms with Crippen molar-refractivity contribution in [1.29, 1.82) is 0 Å². The van der Waals surface area contributed by atoms with E-state index in [0.29, 0.717) is 24.8 Å². The molecular weight excluding hydrogens is 384 g/mol. The molecule has 29 heavy (non-hydrogen) atoms. The van der Waals surface area contributed by atoms with E-state index in [-0.39, 0.29) is 5.56 Å². The van der Waals surface area contributed by atoms with Crippen LogP contribution in [0.2, 0.25) is 0 Å². The predicted molar refractivity (Wildman–Crippen MR) is 125 cm³/mol. The van der Waals surface area contributed by atoms with E-state index in [0.717, 1.165) is 49.1 Å². The lowest BCUT2D eigenvalue weighted by molar-refractivity contribution is 0.202. The number of rotatable bonds is 11. The summed E-state index contributed by atoms with van der Waals surface area (Å²) in [5.41, 5.74) is 2.78. The summed E-state index contributed by atoms with van der Waals surface area (Å²) < 4.78 is 5.11. The number of nitrogens with zero attached hydrogens (tertiary/aromatic N) is 2. The number of likely N-dealkylation sites (N-methyl/N-ethyl adjacent to an activating group) is 1. The summed E-state index contributed by atoms with van der Waals surface area (Å²) in [5, 5.41) is 4.95. The molecule has 160 valence electrons. The van der Waals surface area contributed by atoms with Crippen molar-refractivity contribution in [3.8, 4) is 0 Å². The number of methoxy groups -OCH3 is 1. The molecular formula is C22H34N4O2S. The molecule has 1 heterocycles. The number of aromatic amines is 1. The number of aryl methyl sites for hydroxylation is 1. The van der Waals surface area contributed by atoms with E-state index in [4.69, 9.17) is 17.0 Å². The number of fused-ring (bicyclic) bond motifs is 1. The monoisotopic (exact) mass is 418 g/mol. The highest BCUT2D eigenvalue weighted by molar-refractivity contribution is 7.80.